The molecule has 0 aliphatic rings. The number of carbonyl (C=O) groups excluding carboxylic acids is 1. The summed E-state index contributed by atoms with van der Waals surface area (Å²) >= 11 is 3.40. The highest BCUT2D eigenvalue weighted by atomic mass is 79.9. The molecule has 1 amide bonds. The zero-order valence-corrected chi connectivity index (χ0v) is 13.5. The number of H-pyrrole nitrogens is 1. The highest BCUT2D eigenvalue weighted by Crippen LogP contribution is 2.21. The number of hydrogen-bond acceptors (Lipinski definition) is 2. The molecule has 0 fully saturated rings. The first-order valence-electron chi connectivity index (χ1n) is 6.81. The van der Waals surface area contributed by atoms with Crippen molar-refractivity contribution in [3.05, 3.63) is 70.3 Å². The molecule has 1 heterocycles. The zero-order valence-electron chi connectivity index (χ0n) is 11.9. The maximum Gasteiger partial charge on any atom is 0.273 e. The second-order valence-corrected chi connectivity index (χ2v) is 5.91. The van der Waals surface area contributed by atoms with Crippen LogP contribution in [0.25, 0.3) is 11.3 Å². The van der Waals surface area contributed by atoms with E-state index in [9.17, 15) is 4.79 Å². The number of rotatable bonds is 3. The Balaban J connectivity index is 1.76. The van der Waals surface area contributed by atoms with Gasteiger partial charge in [-0.15, -0.1) is 0 Å². The van der Waals surface area contributed by atoms with Crippen LogP contribution in [0.2, 0.25) is 0 Å². The van der Waals surface area contributed by atoms with Gasteiger partial charge in [0.15, 0.2) is 0 Å². The van der Waals surface area contributed by atoms with E-state index in [0.29, 0.717) is 5.69 Å². The van der Waals surface area contributed by atoms with Crippen molar-refractivity contribution in [1.82, 2.24) is 10.2 Å². The van der Waals surface area contributed by atoms with Gasteiger partial charge in [0.25, 0.3) is 5.91 Å². The van der Waals surface area contributed by atoms with Crippen LogP contribution < -0.4 is 5.32 Å². The first kappa shape index (κ1) is 14.5. The van der Waals surface area contributed by atoms with Gasteiger partial charge in [-0.1, -0.05) is 45.8 Å². The first-order chi connectivity index (χ1) is 10.6. The second kappa shape index (κ2) is 6.15. The fourth-order valence-corrected chi connectivity index (χ4v) is 2.31. The molecule has 110 valence electrons. The van der Waals surface area contributed by atoms with E-state index in [-0.39, 0.29) is 5.91 Å². The minimum Gasteiger partial charge on any atom is -0.321 e. The summed E-state index contributed by atoms with van der Waals surface area (Å²) in [6.45, 7) is 2.00. The number of hydrogen-bond donors (Lipinski definition) is 2. The fourth-order valence-electron chi connectivity index (χ4n) is 2.04. The summed E-state index contributed by atoms with van der Waals surface area (Å²) < 4.78 is 1.00. The molecular formula is C17H14BrN3O. The molecule has 5 heteroatoms. The van der Waals surface area contributed by atoms with Crippen LogP contribution in [-0.2, 0) is 0 Å². The Kier molecular flexibility index (Phi) is 4.06. The molecule has 22 heavy (non-hydrogen) atoms. The largest absolute Gasteiger partial charge is 0.321 e. The van der Waals surface area contributed by atoms with Crippen molar-refractivity contribution in [2.24, 2.45) is 0 Å². The third-order valence-corrected chi connectivity index (χ3v) is 3.80. The second-order valence-electron chi connectivity index (χ2n) is 4.99. The van der Waals surface area contributed by atoms with Gasteiger partial charge in [0, 0.05) is 15.7 Å². The average molecular weight is 356 g/mol. The Morgan fingerprint density at radius 3 is 2.45 bits per heavy atom. The summed E-state index contributed by atoms with van der Waals surface area (Å²) in [5.41, 5.74) is 4.03. The van der Waals surface area contributed by atoms with E-state index >= 15 is 0 Å². The molecular weight excluding hydrogens is 342 g/mol. The van der Waals surface area contributed by atoms with Crippen molar-refractivity contribution < 1.29 is 4.79 Å². The van der Waals surface area contributed by atoms with Gasteiger partial charge >= 0.3 is 0 Å². The van der Waals surface area contributed by atoms with Gasteiger partial charge < -0.3 is 5.32 Å². The normalized spacial score (nSPS) is 10.5. The number of halogens is 1. The van der Waals surface area contributed by atoms with Gasteiger partial charge in [-0.05, 0) is 37.3 Å². The molecule has 0 atom stereocenters. The maximum absolute atomic E-state index is 12.2. The van der Waals surface area contributed by atoms with Crippen LogP contribution >= 0.6 is 15.9 Å². The van der Waals surface area contributed by atoms with Crippen LogP contribution in [0.4, 0.5) is 5.69 Å². The lowest BCUT2D eigenvalue weighted by Crippen LogP contribution is -2.12. The standard InChI is InChI=1S/C17H14BrN3O/c1-11-2-8-14(9-3-11)19-17(22)16-10-15(20-21-16)12-4-6-13(18)7-5-12/h2-10H,1H3,(H,19,22)(H,20,21). The highest BCUT2D eigenvalue weighted by molar-refractivity contribution is 9.10. The number of anilines is 1. The Bertz CT molecular complexity index is 792. The van der Waals surface area contributed by atoms with E-state index in [4.69, 9.17) is 0 Å². The Hall–Kier alpha value is -2.40. The van der Waals surface area contributed by atoms with Crippen molar-refractivity contribution in [1.29, 1.82) is 0 Å². The lowest BCUT2D eigenvalue weighted by Gasteiger charge is -2.03. The minimum atomic E-state index is -0.209. The maximum atomic E-state index is 12.2. The molecule has 3 rings (SSSR count). The van der Waals surface area contributed by atoms with Gasteiger partial charge in [-0.3, -0.25) is 9.89 Å². The van der Waals surface area contributed by atoms with Crippen LogP contribution in [0.1, 0.15) is 16.1 Å². The number of aryl methyl sites for hydroxylation is 1. The van der Waals surface area contributed by atoms with E-state index in [2.05, 4.69) is 31.4 Å². The molecule has 0 aliphatic heterocycles. The van der Waals surface area contributed by atoms with Gasteiger partial charge in [0.2, 0.25) is 0 Å². The molecule has 0 saturated heterocycles. The van der Waals surface area contributed by atoms with Crippen LogP contribution in [-0.4, -0.2) is 16.1 Å². The van der Waals surface area contributed by atoms with E-state index in [0.717, 1.165) is 27.0 Å². The topological polar surface area (TPSA) is 57.8 Å². The molecule has 0 radical (unpaired) electrons. The van der Waals surface area contributed by atoms with Crippen LogP contribution in [0.3, 0.4) is 0 Å². The van der Waals surface area contributed by atoms with Gasteiger partial charge in [-0.25, -0.2) is 0 Å². The van der Waals surface area contributed by atoms with Crippen molar-refractivity contribution in [2.75, 3.05) is 5.32 Å². The summed E-state index contributed by atoms with van der Waals surface area (Å²) in [5, 5.41) is 9.81. The van der Waals surface area contributed by atoms with Crippen molar-refractivity contribution in [2.45, 2.75) is 6.92 Å². The van der Waals surface area contributed by atoms with Gasteiger partial charge in [0.05, 0.1) is 5.69 Å². The van der Waals surface area contributed by atoms with E-state index in [1.54, 1.807) is 6.07 Å². The summed E-state index contributed by atoms with van der Waals surface area (Å²) in [6, 6.07) is 17.2. The predicted molar refractivity (Wildman–Crippen MR) is 90.9 cm³/mol. The first-order valence-corrected chi connectivity index (χ1v) is 7.60. The quantitative estimate of drug-likeness (QED) is 0.731. The predicted octanol–water partition coefficient (Wildman–Crippen LogP) is 4.40. The number of amides is 1. The molecule has 2 N–H and O–H groups in total. The summed E-state index contributed by atoms with van der Waals surface area (Å²) in [7, 11) is 0. The number of carbonyl (C=O) groups is 1. The van der Waals surface area contributed by atoms with Gasteiger partial charge in [-0.2, -0.15) is 5.10 Å². The van der Waals surface area contributed by atoms with Crippen LogP contribution in [0, 0.1) is 6.92 Å². The Morgan fingerprint density at radius 1 is 1.09 bits per heavy atom. The molecule has 2 aromatic carbocycles. The van der Waals surface area contributed by atoms with Crippen LogP contribution in [0.15, 0.2) is 59.1 Å². The molecule has 0 spiro atoms. The Morgan fingerprint density at radius 2 is 1.77 bits per heavy atom. The van der Waals surface area contributed by atoms with E-state index < -0.39 is 0 Å². The molecule has 4 nitrogen and oxygen atoms in total. The number of aromatic amines is 1. The van der Waals surface area contributed by atoms with Crippen molar-refractivity contribution >= 4 is 27.5 Å². The van der Waals surface area contributed by atoms with Gasteiger partial charge in [0.1, 0.15) is 5.69 Å². The summed E-state index contributed by atoms with van der Waals surface area (Å²) in [4.78, 5) is 12.2. The minimum absolute atomic E-state index is 0.209. The summed E-state index contributed by atoms with van der Waals surface area (Å²) in [5.74, 6) is -0.209. The number of benzene rings is 2. The van der Waals surface area contributed by atoms with E-state index in [1.165, 1.54) is 0 Å². The molecule has 3 aromatic rings. The molecule has 0 unspecified atom stereocenters. The lowest BCUT2D eigenvalue weighted by molar-refractivity contribution is 0.102. The highest BCUT2D eigenvalue weighted by Gasteiger charge is 2.11. The monoisotopic (exact) mass is 355 g/mol. The van der Waals surface area contributed by atoms with Crippen LogP contribution in [0.5, 0.6) is 0 Å². The third kappa shape index (κ3) is 3.26. The SMILES string of the molecule is Cc1ccc(NC(=O)c2cc(-c3ccc(Br)cc3)n[nH]2)cc1. The average Bonchev–Trinajstić information content (AvgIpc) is 3.00. The smallest absolute Gasteiger partial charge is 0.273 e. The number of nitrogens with zero attached hydrogens (tertiary/aromatic N) is 1. The summed E-state index contributed by atoms with van der Waals surface area (Å²) in [6.07, 6.45) is 0. The van der Waals surface area contributed by atoms with Crippen molar-refractivity contribution in [3.63, 3.8) is 0 Å². The number of aromatic nitrogens is 2. The third-order valence-electron chi connectivity index (χ3n) is 3.27. The lowest BCUT2D eigenvalue weighted by atomic mass is 10.1. The molecule has 1 aromatic heterocycles. The molecule has 0 bridgehead atoms. The number of nitrogens with one attached hydrogen (secondary N) is 2. The Labute approximate surface area is 136 Å². The zero-order chi connectivity index (χ0) is 15.5. The molecule has 0 aliphatic carbocycles. The molecule has 0 saturated carbocycles. The van der Waals surface area contributed by atoms with Crippen molar-refractivity contribution in [3.8, 4) is 11.3 Å². The van der Waals surface area contributed by atoms with E-state index in [1.807, 2.05) is 55.5 Å². The fraction of sp³-hybridized carbons (Fsp3) is 0.0588.